The third kappa shape index (κ3) is 5.62. The summed E-state index contributed by atoms with van der Waals surface area (Å²) in [5, 5.41) is 5.73. The van der Waals surface area contributed by atoms with Gasteiger partial charge in [-0.2, -0.15) is 0 Å². The van der Waals surface area contributed by atoms with E-state index in [0.717, 1.165) is 105 Å². The van der Waals surface area contributed by atoms with Gasteiger partial charge in [0, 0.05) is 55.5 Å². The molecular formula is C57H35N5O. The molecule has 0 saturated carbocycles. The molecule has 0 fully saturated rings. The highest BCUT2D eigenvalue weighted by atomic mass is 16.3. The van der Waals surface area contributed by atoms with Crippen LogP contribution in [0.25, 0.3) is 122 Å². The molecule has 8 aromatic carbocycles. The molecule has 0 atom stereocenters. The van der Waals surface area contributed by atoms with Crippen LogP contribution in [-0.2, 0) is 0 Å². The van der Waals surface area contributed by atoms with E-state index in [1.807, 2.05) is 42.6 Å². The molecule has 0 N–H and O–H groups in total. The largest absolute Gasteiger partial charge is 0.454 e. The van der Waals surface area contributed by atoms with Gasteiger partial charge in [-0.05, 0) is 89.5 Å². The first-order chi connectivity index (χ1) is 31.2. The van der Waals surface area contributed by atoms with Crippen molar-refractivity contribution in [3.63, 3.8) is 0 Å². The van der Waals surface area contributed by atoms with Crippen LogP contribution in [0.4, 0.5) is 0 Å². The minimum Gasteiger partial charge on any atom is -0.454 e. The zero-order valence-electron chi connectivity index (χ0n) is 33.9. The zero-order valence-corrected chi connectivity index (χ0v) is 33.9. The molecule has 13 aromatic rings. The van der Waals surface area contributed by atoms with Gasteiger partial charge in [0.05, 0.1) is 33.5 Å². The van der Waals surface area contributed by atoms with E-state index in [9.17, 15) is 0 Å². The molecule has 0 saturated heterocycles. The summed E-state index contributed by atoms with van der Waals surface area (Å²) in [4.78, 5) is 15.1. The predicted molar refractivity (Wildman–Crippen MR) is 258 cm³/mol. The SMILES string of the molecule is c1ccc(-c2cc(-c3ccccc3)nc(-n3c4ccccc4c4cc(-c5ccc6c(c5)c5ccccc5n6-c5ccc(-c6ccnc7c6oc6ccccc67)cc5)ccc43)n2)cc1. The molecule has 5 aromatic heterocycles. The minimum atomic E-state index is 0.639. The number of benzene rings is 8. The summed E-state index contributed by atoms with van der Waals surface area (Å²) >= 11 is 0. The molecule has 0 radical (unpaired) electrons. The van der Waals surface area contributed by atoms with Crippen molar-refractivity contribution in [1.82, 2.24) is 24.1 Å². The third-order valence-corrected chi connectivity index (χ3v) is 12.4. The maximum Gasteiger partial charge on any atom is 0.235 e. The standard InChI is InChI=1S/C57H35N5O/c1-3-13-37(14-4-1)48-35-49(38-15-5-2-6-16-38)60-57(59-48)62-51-21-11-8-18-44(51)47-34-40(26-30-53(47)62)39-25-29-52-46(33-39)43-17-7-10-20-50(43)61(52)41-27-23-36(24-28-41)42-31-32-58-55-45-19-9-12-22-54(45)63-56(42)55/h1-35H. The van der Waals surface area contributed by atoms with Gasteiger partial charge in [-0.25, -0.2) is 9.97 Å². The van der Waals surface area contributed by atoms with Crippen molar-refractivity contribution in [2.24, 2.45) is 0 Å². The number of hydrogen-bond acceptors (Lipinski definition) is 4. The molecule has 0 aliphatic rings. The van der Waals surface area contributed by atoms with E-state index in [2.05, 4.69) is 184 Å². The Morgan fingerprint density at radius 3 is 1.51 bits per heavy atom. The summed E-state index contributed by atoms with van der Waals surface area (Å²) in [5.74, 6) is 0.639. The first-order valence-corrected chi connectivity index (χ1v) is 21.2. The Balaban J connectivity index is 0.925. The molecule has 294 valence electrons. The first kappa shape index (κ1) is 35.2. The molecule has 0 unspecified atom stereocenters. The molecule has 0 bridgehead atoms. The Morgan fingerprint density at radius 2 is 0.873 bits per heavy atom. The molecular weight excluding hydrogens is 771 g/mol. The molecule has 6 nitrogen and oxygen atoms in total. The van der Waals surface area contributed by atoms with Crippen LogP contribution in [0.1, 0.15) is 0 Å². The fraction of sp³-hybridized carbons (Fsp3) is 0. The second kappa shape index (κ2) is 14.0. The maximum absolute atomic E-state index is 6.33. The van der Waals surface area contributed by atoms with E-state index in [1.165, 1.54) is 10.8 Å². The Kier molecular flexibility index (Phi) is 7.80. The molecule has 0 aliphatic heterocycles. The number of nitrogens with zero attached hydrogens (tertiary/aromatic N) is 5. The number of aromatic nitrogens is 5. The number of rotatable bonds is 6. The smallest absolute Gasteiger partial charge is 0.235 e. The lowest BCUT2D eigenvalue weighted by atomic mass is 10.0. The van der Waals surface area contributed by atoms with Crippen LogP contribution in [0.2, 0.25) is 0 Å². The average molecular weight is 806 g/mol. The second-order valence-electron chi connectivity index (χ2n) is 16.0. The minimum absolute atomic E-state index is 0.639. The quantitative estimate of drug-likeness (QED) is 0.168. The fourth-order valence-electron chi connectivity index (χ4n) is 9.47. The summed E-state index contributed by atoms with van der Waals surface area (Å²) < 4.78 is 10.9. The summed E-state index contributed by atoms with van der Waals surface area (Å²) in [5.41, 5.74) is 16.3. The number of pyridine rings is 1. The lowest BCUT2D eigenvalue weighted by Crippen LogP contribution is -2.03. The number of furan rings is 1. The highest BCUT2D eigenvalue weighted by molar-refractivity contribution is 6.13. The van der Waals surface area contributed by atoms with Gasteiger partial charge >= 0.3 is 0 Å². The van der Waals surface area contributed by atoms with Gasteiger partial charge in [0.15, 0.2) is 5.58 Å². The third-order valence-electron chi connectivity index (χ3n) is 12.4. The van der Waals surface area contributed by atoms with Gasteiger partial charge in [-0.3, -0.25) is 9.55 Å². The fourth-order valence-corrected chi connectivity index (χ4v) is 9.47. The van der Waals surface area contributed by atoms with Crippen molar-refractivity contribution in [1.29, 1.82) is 0 Å². The van der Waals surface area contributed by atoms with E-state index in [1.54, 1.807) is 0 Å². The van der Waals surface area contributed by atoms with Gasteiger partial charge < -0.3 is 8.98 Å². The summed E-state index contributed by atoms with van der Waals surface area (Å²) in [6.45, 7) is 0. The molecule has 0 spiro atoms. The first-order valence-electron chi connectivity index (χ1n) is 21.2. The average Bonchev–Trinajstić information content (AvgIpc) is 4.02. The number of para-hydroxylation sites is 3. The van der Waals surface area contributed by atoms with Crippen LogP contribution < -0.4 is 0 Å². The molecule has 13 rings (SSSR count). The molecule has 0 aliphatic carbocycles. The van der Waals surface area contributed by atoms with Crippen molar-refractivity contribution in [2.45, 2.75) is 0 Å². The van der Waals surface area contributed by atoms with Crippen LogP contribution in [-0.4, -0.2) is 24.1 Å². The van der Waals surface area contributed by atoms with Gasteiger partial charge in [0.2, 0.25) is 5.95 Å². The van der Waals surface area contributed by atoms with Gasteiger partial charge in [-0.15, -0.1) is 0 Å². The number of hydrogen-bond donors (Lipinski definition) is 0. The zero-order chi connectivity index (χ0) is 41.4. The highest BCUT2D eigenvalue weighted by Gasteiger charge is 2.19. The second-order valence-corrected chi connectivity index (χ2v) is 16.0. The predicted octanol–water partition coefficient (Wildman–Crippen LogP) is 14.6. The lowest BCUT2D eigenvalue weighted by Gasteiger charge is -2.12. The van der Waals surface area contributed by atoms with Crippen molar-refractivity contribution < 1.29 is 4.42 Å². The normalized spacial score (nSPS) is 11.8. The molecule has 6 heteroatoms. The van der Waals surface area contributed by atoms with Crippen LogP contribution in [0.15, 0.2) is 217 Å². The Hall–Kier alpha value is -8.61. The van der Waals surface area contributed by atoms with Crippen LogP contribution in [0.3, 0.4) is 0 Å². The van der Waals surface area contributed by atoms with E-state index < -0.39 is 0 Å². The number of fused-ring (bicyclic) bond motifs is 9. The Bertz CT molecular complexity index is 3840. The topological polar surface area (TPSA) is 61.7 Å². The van der Waals surface area contributed by atoms with Crippen LogP contribution in [0.5, 0.6) is 0 Å². The van der Waals surface area contributed by atoms with Crippen molar-refractivity contribution >= 4 is 65.7 Å². The summed E-state index contributed by atoms with van der Waals surface area (Å²) in [6.07, 6.45) is 1.87. The van der Waals surface area contributed by atoms with Gasteiger partial charge in [-0.1, -0.05) is 133 Å². The summed E-state index contributed by atoms with van der Waals surface area (Å²) in [6, 6.07) is 72.6. The van der Waals surface area contributed by atoms with E-state index in [-0.39, 0.29) is 0 Å². The van der Waals surface area contributed by atoms with Crippen molar-refractivity contribution in [2.75, 3.05) is 0 Å². The van der Waals surface area contributed by atoms with E-state index >= 15 is 0 Å². The highest BCUT2D eigenvalue weighted by Crippen LogP contribution is 2.40. The van der Waals surface area contributed by atoms with Crippen LogP contribution >= 0.6 is 0 Å². The molecule has 5 heterocycles. The van der Waals surface area contributed by atoms with Crippen molar-refractivity contribution in [3.05, 3.63) is 212 Å². The molecule has 0 amide bonds. The Labute approximate surface area is 361 Å². The monoisotopic (exact) mass is 805 g/mol. The van der Waals surface area contributed by atoms with Crippen LogP contribution in [0, 0.1) is 0 Å². The lowest BCUT2D eigenvalue weighted by molar-refractivity contribution is 0.669. The van der Waals surface area contributed by atoms with Gasteiger partial charge in [0.1, 0.15) is 11.1 Å². The van der Waals surface area contributed by atoms with Crippen molar-refractivity contribution in [3.8, 4) is 56.4 Å². The van der Waals surface area contributed by atoms with E-state index in [0.29, 0.717) is 5.95 Å². The van der Waals surface area contributed by atoms with Gasteiger partial charge in [0.25, 0.3) is 0 Å². The molecule has 63 heavy (non-hydrogen) atoms. The summed E-state index contributed by atoms with van der Waals surface area (Å²) in [7, 11) is 0. The Morgan fingerprint density at radius 1 is 0.365 bits per heavy atom. The maximum atomic E-state index is 6.33. The van der Waals surface area contributed by atoms with E-state index in [4.69, 9.17) is 14.4 Å².